The predicted molar refractivity (Wildman–Crippen MR) is 94.6 cm³/mol. The Morgan fingerprint density at radius 2 is 2.00 bits per heavy atom. The van der Waals surface area contributed by atoms with Crippen LogP contribution in [-0.4, -0.2) is 40.3 Å². The van der Waals surface area contributed by atoms with Gasteiger partial charge in [0, 0.05) is 11.1 Å². The van der Waals surface area contributed by atoms with Crippen LogP contribution in [0.3, 0.4) is 0 Å². The maximum absolute atomic E-state index is 12.7. The molecule has 0 fully saturated rings. The fourth-order valence-corrected chi connectivity index (χ4v) is 2.60. The molecule has 1 atom stereocenters. The molecule has 134 valence electrons. The standard InChI is InChI=1S/C18H19N5O3/c1-12(16-10-15(25-2)7-8-17(16)26-3)20-18(24)13-5-4-6-14(9-13)23-11-19-21-22-23/h4-12H,1-3H3,(H,20,24)/t12-/m1/s1. The number of tetrazole rings is 1. The van der Waals surface area contributed by atoms with Crippen LogP contribution in [-0.2, 0) is 0 Å². The van der Waals surface area contributed by atoms with Crippen molar-refractivity contribution in [1.29, 1.82) is 0 Å². The third-order valence-electron chi connectivity index (χ3n) is 3.97. The maximum atomic E-state index is 12.7. The lowest BCUT2D eigenvalue weighted by molar-refractivity contribution is 0.0939. The smallest absolute Gasteiger partial charge is 0.251 e. The van der Waals surface area contributed by atoms with Crippen molar-refractivity contribution < 1.29 is 14.3 Å². The molecule has 1 heterocycles. The molecular weight excluding hydrogens is 334 g/mol. The number of carbonyl (C=O) groups excluding carboxylic acids is 1. The molecule has 3 rings (SSSR count). The molecule has 8 heteroatoms. The Balaban J connectivity index is 1.81. The van der Waals surface area contributed by atoms with Crippen LogP contribution in [0.1, 0.15) is 28.9 Å². The molecule has 3 aromatic rings. The molecule has 0 aliphatic heterocycles. The fraction of sp³-hybridized carbons (Fsp3) is 0.222. The van der Waals surface area contributed by atoms with Gasteiger partial charge in [-0.2, -0.15) is 0 Å². The lowest BCUT2D eigenvalue weighted by Crippen LogP contribution is -2.27. The Kier molecular flexibility index (Phi) is 5.12. The summed E-state index contributed by atoms with van der Waals surface area (Å²) in [6.45, 7) is 1.89. The number of hydrogen-bond donors (Lipinski definition) is 1. The van der Waals surface area contributed by atoms with Crippen molar-refractivity contribution in [2.45, 2.75) is 13.0 Å². The molecule has 1 amide bonds. The molecule has 0 aliphatic carbocycles. The van der Waals surface area contributed by atoms with E-state index in [9.17, 15) is 4.79 Å². The average molecular weight is 353 g/mol. The second kappa shape index (κ2) is 7.64. The van der Waals surface area contributed by atoms with Crippen LogP contribution in [0.2, 0.25) is 0 Å². The zero-order chi connectivity index (χ0) is 18.5. The van der Waals surface area contributed by atoms with Crippen molar-refractivity contribution in [2.75, 3.05) is 14.2 Å². The Bertz CT molecular complexity index is 896. The minimum absolute atomic E-state index is 0.211. The first-order valence-electron chi connectivity index (χ1n) is 7.98. The van der Waals surface area contributed by atoms with E-state index in [2.05, 4.69) is 20.8 Å². The SMILES string of the molecule is COc1ccc(OC)c([C@@H](C)NC(=O)c2cccc(-n3cnnn3)c2)c1. The Labute approximate surface area is 150 Å². The lowest BCUT2D eigenvalue weighted by Gasteiger charge is -2.18. The molecule has 0 bridgehead atoms. The largest absolute Gasteiger partial charge is 0.497 e. The summed E-state index contributed by atoms with van der Waals surface area (Å²) >= 11 is 0. The summed E-state index contributed by atoms with van der Waals surface area (Å²) in [7, 11) is 3.19. The highest BCUT2D eigenvalue weighted by atomic mass is 16.5. The van der Waals surface area contributed by atoms with Crippen LogP contribution < -0.4 is 14.8 Å². The number of carbonyl (C=O) groups is 1. The van der Waals surface area contributed by atoms with Crippen LogP contribution >= 0.6 is 0 Å². The number of rotatable bonds is 6. The molecule has 1 N–H and O–H groups in total. The van der Waals surface area contributed by atoms with Crippen LogP contribution in [0, 0.1) is 0 Å². The summed E-state index contributed by atoms with van der Waals surface area (Å²) < 4.78 is 12.1. The van der Waals surface area contributed by atoms with Gasteiger partial charge in [-0.1, -0.05) is 6.07 Å². The van der Waals surface area contributed by atoms with Gasteiger partial charge >= 0.3 is 0 Å². The molecule has 0 saturated carbocycles. The van der Waals surface area contributed by atoms with E-state index in [1.54, 1.807) is 32.4 Å². The number of hydrogen-bond acceptors (Lipinski definition) is 6. The zero-order valence-electron chi connectivity index (χ0n) is 14.7. The predicted octanol–water partition coefficient (Wildman–Crippen LogP) is 2.17. The first-order chi connectivity index (χ1) is 12.6. The number of ether oxygens (including phenoxy) is 2. The van der Waals surface area contributed by atoms with E-state index >= 15 is 0 Å². The highest BCUT2D eigenvalue weighted by Gasteiger charge is 2.16. The minimum Gasteiger partial charge on any atom is -0.497 e. The highest BCUT2D eigenvalue weighted by Crippen LogP contribution is 2.29. The second-order valence-electron chi connectivity index (χ2n) is 5.61. The molecule has 0 radical (unpaired) electrons. The molecule has 8 nitrogen and oxygen atoms in total. The van der Waals surface area contributed by atoms with Crippen LogP contribution in [0.5, 0.6) is 11.5 Å². The Morgan fingerprint density at radius 3 is 2.69 bits per heavy atom. The summed E-state index contributed by atoms with van der Waals surface area (Å²) in [5, 5.41) is 14.0. The number of amides is 1. The first-order valence-corrected chi connectivity index (χ1v) is 7.98. The number of benzene rings is 2. The van der Waals surface area contributed by atoms with E-state index in [0.717, 1.165) is 5.56 Å². The van der Waals surface area contributed by atoms with Crippen molar-refractivity contribution in [3.8, 4) is 17.2 Å². The summed E-state index contributed by atoms with van der Waals surface area (Å²) in [4.78, 5) is 12.7. The van der Waals surface area contributed by atoms with Gasteiger partial charge in [-0.25, -0.2) is 4.68 Å². The van der Waals surface area contributed by atoms with Crippen molar-refractivity contribution in [3.63, 3.8) is 0 Å². The zero-order valence-corrected chi connectivity index (χ0v) is 14.7. The molecule has 0 saturated heterocycles. The molecule has 26 heavy (non-hydrogen) atoms. The number of methoxy groups -OCH3 is 2. The third-order valence-corrected chi connectivity index (χ3v) is 3.97. The Morgan fingerprint density at radius 1 is 1.15 bits per heavy atom. The van der Waals surface area contributed by atoms with E-state index in [1.165, 1.54) is 11.0 Å². The van der Waals surface area contributed by atoms with Gasteiger partial charge in [0.25, 0.3) is 5.91 Å². The topological polar surface area (TPSA) is 91.2 Å². The fourth-order valence-electron chi connectivity index (χ4n) is 2.60. The molecule has 0 aliphatic rings. The van der Waals surface area contributed by atoms with E-state index in [4.69, 9.17) is 9.47 Å². The molecular formula is C18H19N5O3. The van der Waals surface area contributed by atoms with Gasteiger partial charge in [-0.15, -0.1) is 5.10 Å². The molecule has 2 aromatic carbocycles. The summed E-state index contributed by atoms with van der Waals surface area (Å²) in [5.74, 6) is 1.17. The van der Waals surface area contributed by atoms with Crippen LogP contribution in [0.25, 0.3) is 5.69 Å². The van der Waals surface area contributed by atoms with E-state index in [0.29, 0.717) is 22.7 Å². The van der Waals surface area contributed by atoms with Gasteiger partial charge in [0.2, 0.25) is 0 Å². The van der Waals surface area contributed by atoms with Gasteiger partial charge in [-0.3, -0.25) is 4.79 Å². The normalized spacial score (nSPS) is 11.7. The first kappa shape index (κ1) is 17.4. The van der Waals surface area contributed by atoms with Crippen molar-refractivity contribution in [3.05, 3.63) is 59.9 Å². The van der Waals surface area contributed by atoms with Gasteiger partial charge in [0.05, 0.1) is 25.9 Å². The molecule has 0 spiro atoms. The maximum Gasteiger partial charge on any atom is 0.251 e. The summed E-state index contributed by atoms with van der Waals surface area (Å²) in [6, 6.07) is 12.3. The van der Waals surface area contributed by atoms with Crippen molar-refractivity contribution in [1.82, 2.24) is 25.5 Å². The molecule has 0 unspecified atom stereocenters. The number of nitrogens with zero attached hydrogens (tertiary/aromatic N) is 4. The number of aromatic nitrogens is 4. The summed E-state index contributed by atoms with van der Waals surface area (Å²) in [5.41, 5.74) is 2.04. The van der Waals surface area contributed by atoms with Crippen LogP contribution in [0.4, 0.5) is 0 Å². The average Bonchev–Trinajstić information content (AvgIpc) is 3.22. The quantitative estimate of drug-likeness (QED) is 0.730. The van der Waals surface area contributed by atoms with Gasteiger partial charge in [0.1, 0.15) is 17.8 Å². The summed E-state index contributed by atoms with van der Waals surface area (Å²) in [6.07, 6.45) is 1.47. The molecule has 1 aromatic heterocycles. The number of nitrogens with one attached hydrogen (secondary N) is 1. The minimum atomic E-state index is -0.274. The van der Waals surface area contributed by atoms with E-state index in [1.807, 2.05) is 31.2 Å². The van der Waals surface area contributed by atoms with Crippen molar-refractivity contribution in [2.24, 2.45) is 0 Å². The Hall–Kier alpha value is -3.42. The van der Waals surface area contributed by atoms with E-state index < -0.39 is 0 Å². The van der Waals surface area contributed by atoms with Gasteiger partial charge in [-0.05, 0) is 53.7 Å². The highest BCUT2D eigenvalue weighted by molar-refractivity contribution is 5.95. The van der Waals surface area contributed by atoms with Crippen molar-refractivity contribution >= 4 is 5.91 Å². The lowest BCUT2D eigenvalue weighted by atomic mass is 10.1. The van der Waals surface area contributed by atoms with Gasteiger partial charge in [0.15, 0.2) is 0 Å². The second-order valence-corrected chi connectivity index (χ2v) is 5.61. The third kappa shape index (κ3) is 3.64. The van der Waals surface area contributed by atoms with Crippen LogP contribution in [0.15, 0.2) is 48.8 Å². The monoisotopic (exact) mass is 353 g/mol. The van der Waals surface area contributed by atoms with Gasteiger partial charge < -0.3 is 14.8 Å². The van der Waals surface area contributed by atoms with E-state index in [-0.39, 0.29) is 11.9 Å².